The minimum Gasteiger partial charge on any atom is -0.463 e. The molecule has 0 saturated carbocycles. The Bertz CT molecular complexity index is 735. The zero-order valence-electron chi connectivity index (χ0n) is 14.7. The molecular formula is C20H25FN3O2+. The highest BCUT2D eigenvalue weighted by molar-refractivity contribution is 5.89. The summed E-state index contributed by atoms with van der Waals surface area (Å²) in [7, 11) is 0. The van der Waals surface area contributed by atoms with Crippen LogP contribution in [0.1, 0.15) is 37.9 Å². The first kappa shape index (κ1) is 17.1. The lowest BCUT2D eigenvalue weighted by molar-refractivity contribution is -0.974. The first-order chi connectivity index (χ1) is 12.7. The van der Waals surface area contributed by atoms with Crippen molar-refractivity contribution < 1.29 is 18.5 Å². The number of rotatable bonds is 4. The van der Waals surface area contributed by atoms with E-state index in [-0.39, 0.29) is 17.9 Å². The molecule has 138 valence electrons. The van der Waals surface area contributed by atoms with Crippen LogP contribution in [0.5, 0.6) is 0 Å². The highest BCUT2D eigenvalue weighted by Crippen LogP contribution is 2.23. The summed E-state index contributed by atoms with van der Waals surface area (Å²) < 4.78 is 18.8. The average molecular weight is 358 g/mol. The molecule has 4 rings (SSSR count). The molecule has 5 nitrogen and oxygen atoms in total. The lowest BCUT2D eigenvalue weighted by Gasteiger charge is -2.45. The Morgan fingerprint density at radius 2 is 2.00 bits per heavy atom. The van der Waals surface area contributed by atoms with Crippen molar-refractivity contribution in [3.8, 4) is 0 Å². The van der Waals surface area contributed by atoms with E-state index in [2.05, 4.69) is 10.6 Å². The van der Waals surface area contributed by atoms with Gasteiger partial charge in [0.15, 0.2) is 5.76 Å². The number of hydrogen-bond acceptors (Lipinski definition) is 2. The number of furan rings is 1. The molecule has 0 radical (unpaired) electrons. The Labute approximate surface area is 152 Å². The Hall–Kier alpha value is -2.34. The van der Waals surface area contributed by atoms with Crippen molar-refractivity contribution in [1.29, 1.82) is 0 Å². The van der Waals surface area contributed by atoms with Crippen molar-refractivity contribution in [2.45, 2.75) is 56.8 Å². The van der Waals surface area contributed by atoms with Crippen LogP contribution >= 0.6 is 0 Å². The fraction of sp³-hybridized carbons (Fsp3) is 0.450. The summed E-state index contributed by atoms with van der Waals surface area (Å²) >= 11 is 0. The number of nitrogens with one attached hydrogen (secondary N) is 3. The largest absolute Gasteiger partial charge is 0.463 e. The van der Waals surface area contributed by atoms with Crippen LogP contribution in [-0.2, 0) is 6.54 Å². The number of carbonyl (C=O) groups is 1. The SMILES string of the molecule is O=C(Nc1cccc(F)c1)NC1C[C@H]2CCC[C@@H](C1)[NH+]2Cc1ccco1. The van der Waals surface area contributed by atoms with Gasteiger partial charge in [-0.1, -0.05) is 6.07 Å². The molecule has 0 spiro atoms. The molecule has 2 bridgehead atoms. The molecule has 3 N–H and O–H groups in total. The minimum atomic E-state index is -0.354. The molecule has 6 heteroatoms. The van der Waals surface area contributed by atoms with Gasteiger partial charge in [0.1, 0.15) is 12.4 Å². The van der Waals surface area contributed by atoms with Crippen molar-refractivity contribution in [2.75, 3.05) is 5.32 Å². The second-order valence-electron chi connectivity index (χ2n) is 7.43. The highest BCUT2D eigenvalue weighted by atomic mass is 19.1. The van der Waals surface area contributed by atoms with Crippen LogP contribution in [0.4, 0.5) is 14.9 Å². The number of benzene rings is 1. The van der Waals surface area contributed by atoms with E-state index in [0.29, 0.717) is 17.8 Å². The van der Waals surface area contributed by atoms with Gasteiger partial charge in [0, 0.05) is 24.6 Å². The predicted molar refractivity (Wildman–Crippen MR) is 96.4 cm³/mol. The van der Waals surface area contributed by atoms with Crippen molar-refractivity contribution in [3.63, 3.8) is 0 Å². The van der Waals surface area contributed by atoms with Crippen molar-refractivity contribution >= 4 is 11.7 Å². The first-order valence-corrected chi connectivity index (χ1v) is 9.38. The maximum atomic E-state index is 13.2. The standard InChI is InChI=1S/C20H24FN3O2/c21-14-4-1-5-15(10-14)22-20(25)23-16-11-17-6-2-7-18(12-16)24(17)13-19-8-3-9-26-19/h1,3-5,8-10,16-18H,2,6-7,11-13H2,(H2,22,23,25)/p+1/t16?,17-,18+. The minimum absolute atomic E-state index is 0.166. The molecule has 2 aromatic rings. The van der Waals surface area contributed by atoms with Crippen LogP contribution in [-0.4, -0.2) is 24.2 Å². The first-order valence-electron chi connectivity index (χ1n) is 9.38. The number of halogens is 1. The van der Waals surface area contributed by atoms with E-state index in [1.54, 1.807) is 23.3 Å². The Kier molecular flexibility index (Phi) is 4.93. The summed E-state index contributed by atoms with van der Waals surface area (Å²) in [5, 5.41) is 5.82. The van der Waals surface area contributed by atoms with Gasteiger partial charge in [0.05, 0.1) is 18.3 Å². The second-order valence-corrected chi connectivity index (χ2v) is 7.43. The smallest absolute Gasteiger partial charge is 0.319 e. The van der Waals surface area contributed by atoms with E-state index in [4.69, 9.17) is 4.42 Å². The topological polar surface area (TPSA) is 58.7 Å². The molecule has 1 aromatic carbocycles. The molecule has 26 heavy (non-hydrogen) atoms. The van der Waals surface area contributed by atoms with Gasteiger partial charge < -0.3 is 20.0 Å². The van der Waals surface area contributed by atoms with E-state index in [9.17, 15) is 9.18 Å². The highest BCUT2D eigenvalue weighted by Gasteiger charge is 2.42. The maximum Gasteiger partial charge on any atom is 0.319 e. The molecule has 2 fully saturated rings. The molecule has 2 unspecified atom stereocenters. The van der Waals surface area contributed by atoms with Gasteiger partial charge in [-0.3, -0.25) is 0 Å². The lowest BCUT2D eigenvalue weighted by atomic mass is 9.81. The monoisotopic (exact) mass is 358 g/mol. The van der Waals surface area contributed by atoms with Crippen molar-refractivity contribution in [1.82, 2.24) is 5.32 Å². The Balaban J connectivity index is 1.35. The zero-order valence-corrected chi connectivity index (χ0v) is 14.7. The average Bonchev–Trinajstić information content (AvgIpc) is 3.08. The van der Waals surface area contributed by atoms with E-state index in [1.807, 2.05) is 12.1 Å². The van der Waals surface area contributed by atoms with Gasteiger partial charge in [0.25, 0.3) is 0 Å². The summed E-state index contributed by atoms with van der Waals surface area (Å²) in [6, 6.07) is 11.0. The molecule has 4 atom stereocenters. The van der Waals surface area contributed by atoms with E-state index < -0.39 is 0 Å². The Morgan fingerprint density at radius 3 is 2.69 bits per heavy atom. The number of fused-ring (bicyclic) bond motifs is 2. The third-order valence-corrected chi connectivity index (χ3v) is 5.67. The summed E-state index contributed by atoms with van der Waals surface area (Å²) in [5.41, 5.74) is 0.476. The van der Waals surface area contributed by atoms with E-state index in [1.165, 1.54) is 31.4 Å². The van der Waals surface area contributed by atoms with Crippen LogP contribution in [0.3, 0.4) is 0 Å². The molecule has 2 saturated heterocycles. The molecular weight excluding hydrogens is 333 g/mol. The fourth-order valence-corrected chi connectivity index (χ4v) is 4.58. The fourth-order valence-electron chi connectivity index (χ4n) is 4.58. The molecule has 2 amide bonds. The van der Waals surface area contributed by atoms with Crippen molar-refractivity contribution in [2.24, 2.45) is 0 Å². The van der Waals surface area contributed by atoms with Crippen molar-refractivity contribution in [3.05, 3.63) is 54.2 Å². The van der Waals surface area contributed by atoms with Gasteiger partial charge >= 0.3 is 6.03 Å². The molecule has 2 aliphatic rings. The van der Waals surface area contributed by atoms with E-state index >= 15 is 0 Å². The quantitative estimate of drug-likeness (QED) is 0.787. The van der Waals surface area contributed by atoms with Crippen LogP contribution in [0.25, 0.3) is 0 Å². The number of urea groups is 1. The molecule has 1 aromatic heterocycles. The predicted octanol–water partition coefficient (Wildman–Crippen LogP) is 2.71. The van der Waals surface area contributed by atoms with Gasteiger partial charge in [-0.25, -0.2) is 9.18 Å². The van der Waals surface area contributed by atoms with Crippen LogP contribution in [0.15, 0.2) is 47.1 Å². The summed E-state index contributed by atoms with van der Waals surface area (Å²) in [5.74, 6) is 0.680. The third-order valence-electron chi connectivity index (χ3n) is 5.67. The van der Waals surface area contributed by atoms with Gasteiger partial charge in [-0.2, -0.15) is 0 Å². The van der Waals surface area contributed by atoms with Gasteiger partial charge in [-0.15, -0.1) is 0 Å². The number of carbonyl (C=O) groups excluding carboxylic acids is 1. The summed E-state index contributed by atoms with van der Waals surface area (Å²) in [6.45, 7) is 0.921. The number of anilines is 1. The third kappa shape index (κ3) is 3.90. The number of amides is 2. The Morgan fingerprint density at radius 1 is 1.19 bits per heavy atom. The van der Waals surface area contributed by atoms with Crippen LogP contribution in [0, 0.1) is 5.82 Å². The summed E-state index contributed by atoms with van der Waals surface area (Å²) in [4.78, 5) is 13.9. The molecule has 3 heterocycles. The number of piperidine rings is 2. The van der Waals surface area contributed by atoms with Gasteiger partial charge in [-0.05, 0) is 49.6 Å². The number of quaternary nitrogens is 1. The van der Waals surface area contributed by atoms with Crippen LogP contribution < -0.4 is 15.5 Å². The number of hydrogen-bond donors (Lipinski definition) is 3. The van der Waals surface area contributed by atoms with Gasteiger partial charge in [0.2, 0.25) is 0 Å². The second kappa shape index (κ2) is 7.50. The normalized spacial score (nSPS) is 27.7. The molecule has 0 aliphatic carbocycles. The summed E-state index contributed by atoms with van der Waals surface area (Å²) in [6.07, 6.45) is 7.33. The lowest BCUT2D eigenvalue weighted by Crippen LogP contribution is -3.20. The zero-order chi connectivity index (χ0) is 17.9. The van der Waals surface area contributed by atoms with Crippen LogP contribution in [0.2, 0.25) is 0 Å². The molecule has 2 aliphatic heterocycles. The van der Waals surface area contributed by atoms with E-state index in [0.717, 1.165) is 25.1 Å². The maximum absolute atomic E-state index is 13.2.